The molecule has 2 aromatic rings. The number of hydrogen-bond donors (Lipinski definition) is 2. The highest BCUT2D eigenvalue weighted by Gasteiger charge is 2.31. The lowest BCUT2D eigenvalue weighted by molar-refractivity contribution is 0.0698. The second-order valence-corrected chi connectivity index (χ2v) is 9.45. The van der Waals surface area contributed by atoms with Crippen molar-refractivity contribution in [3.8, 4) is 28.2 Å². The molecule has 11 heteroatoms. The van der Waals surface area contributed by atoms with Crippen molar-refractivity contribution in [3.05, 3.63) is 82.3 Å². The van der Waals surface area contributed by atoms with E-state index in [9.17, 15) is 19.8 Å². The lowest BCUT2D eigenvalue weighted by Crippen LogP contribution is -2.07. The van der Waals surface area contributed by atoms with E-state index in [1.54, 1.807) is 0 Å². The fourth-order valence-electron chi connectivity index (χ4n) is 3.72. The molecule has 4 rings (SSSR count). The predicted molar refractivity (Wildman–Crippen MR) is 137 cm³/mol. The van der Waals surface area contributed by atoms with Crippen LogP contribution in [-0.4, -0.2) is 16.2 Å². The third-order valence-electron chi connectivity index (χ3n) is 5.17. The third kappa shape index (κ3) is 3.81. The van der Waals surface area contributed by atoms with Gasteiger partial charge in [-0.25, -0.2) is 4.79 Å². The molecule has 34 heavy (non-hydrogen) atoms. The first-order chi connectivity index (χ1) is 16.0. The van der Waals surface area contributed by atoms with Gasteiger partial charge in [0.1, 0.15) is 17.1 Å². The van der Waals surface area contributed by atoms with Crippen LogP contribution in [0.25, 0.3) is 33.4 Å². The number of rotatable bonds is 4. The first-order valence-electron chi connectivity index (χ1n) is 9.30. The Morgan fingerprint density at radius 1 is 0.941 bits per heavy atom. The fraction of sp³-hybridized carbons (Fsp3) is 0.0435. The molecular weight excluding hydrogens is 569 g/mol. The normalized spacial score (nSPS) is 11.4. The topological polar surface area (TPSA) is 87.7 Å². The molecule has 0 bridgehead atoms. The van der Waals surface area contributed by atoms with E-state index >= 15 is 0 Å². The standard InChI is InChI=1S/C23H10Cl6O5/c1-2-3-7-21(31)11(25)5-9-14(8-4-10(24)12(30)6-13(8)34-22(7)9)15-16(23(32)33)18(27)20(29)19(28)17(15)26/h2,4-6,31H,1,3H2,(H,32,33). The van der Waals surface area contributed by atoms with E-state index < -0.39 is 17.0 Å². The monoisotopic (exact) mass is 576 g/mol. The number of allylic oxidation sites excluding steroid dienone is 1. The van der Waals surface area contributed by atoms with Crippen LogP contribution in [0.2, 0.25) is 30.1 Å². The van der Waals surface area contributed by atoms with Crippen LogP contribution in [0.3, 0.4) is 0 Å². The number of benzene rings is 3. The molecule has 0 amide bonds. The maximum absolute atomic E-state index is 12.3. The zero-order valence-corrected chi connectivity index (χ0v) is 21.1. The summed E-state index contributed by atoms with van der Waals surface area (Å²) in [6.45, 7) is 3.67. The third-order valence-corrected chi connectivity index (χ3v) is 7.55. The number of carboxylic acids is 1. The highest BCUT2D eigenvalue weighted by Crippen LogP contribution is 2.52. The van der Waals surface area contributed by atoms with Crippen LogP contribution in [0, 0.1) is 0 Å². The van der Waals surface area contributed by atoms with Crippen LogP contribution in [0.4, 0.5) is 0 Å². The highest BCUT2D eigenvalue weighted by atomic mass is 35.5. The summed E-state index contributed by atoms with van der Waals surface area (Å²) in [6, 6.07) is 3.82. The molecule has 0 saturated heterocycles. The van der Waals surface area contributed by atoms with Gasteiger partial charge in [0, 0.05) is 33.7 Å². The Kier molecular flexibility index (Phi) is 6.73. The number of carboxylic acid groups (broad SMARTS) is 1. The number of phenolic OH excluding ortho intramolecular Hbond substituents is 1. The minimum Gasteiger partial charge on any atom is -0.506 e. The number of aromatic hydroxyl groups is 1. The number of aromatic carboxylic acids is 1. The van der Waals surface area contributed by atoms with Crippen LogP contribution < -0.4 is 5.43 Å². The molecule has 0 aromatic heterocycles. The van der Waals surface area contributed by atoms with Crippen molar-refractivity contribution in [2.45, 2.75) is 6.42 Å². The average molecular weight is 579 g/mol. The van der Waals surface area contributed by atoms with Crippen LogP contribution in [0.1, 0.15) is 15.9 Å². The first-order valence-corrected chi connectivity index (χ1v) is 11.6. The largest absolute Gasteiger partial charge is 0.506 e. The number of halogens is 6. The Labute approximate surface area is 222 Å². The molecule has 0 atom stereocenters. The number of carbonyl (C=O) groups is 1. The summed E-state index contributed by atoms with van der Waals surface area (Å²) in [5.74, 6) is -1.67. The second kappa shape index (κ2) is 9.15. The van der Waals surface area contributed by atoms with Gasteiger partial charge in [-0.15, -0.1) is 6.58 Å². The SMILES string of the molecule is C=CCc1c(O)c(Cl)cc2c(-c3c(Cl)c(Cl)c(Cl)c(Cl)c3C(=O)O)c3cc(Cl)c(=O)cc-3oc12. The first kappa shape index (κ1) is 25.0. The summed E-state index contributed by atoms with van der Waals surface area (Å²) in [5.41, 5.74) is -0.325. The van der Waals surface area contributed by atoms with Crippen LogP contribution in [0.5, 0.6) is 5.75 Å². The summed E-state index contributed by atoms with van der Waals surface area (Å²) in [6.07, 6.45) is 1.65. The molecule has 2 N–H and O–H groups in total. The van der Waals surface area contributed by atoms with Gasteiger partial charge in [0.25, 0.3) is 0 Å². The molecule has 1 aliphatic heterocycles. The van der Waals surface area contributed by atoms with E-state index in [2.05, 4.69) is 6.58 Å². The van der Waals surface area contributed by atoms with Gasteiger partial charge in [-0.2, -0.15) is 0 Å². The molecular formula is C23H10Cl6O5. The minimum absolute atomic E-state index is 0.0403. The van der Waals surface area contributed by atoms with E-state index in [-0.39, 0.29) is 81.3 Å². The van der Waals surface area contributed by atoms with Gasteiger partial charge in [0.15, 0.2) is 0 Å². The van der Waals surface area contributed by atoms with Crippen molar-refractivity contribution in [2.24, 2.45) is 0 Å². The molecule has 5 nitrogen and oxygen atoms in total. The summed E-state index contributed by atoms with van der Waals surface area (Å²) < 4.78 is 5.98. The lowest BCUT2D eigenvalue weighted by Gasteiger charge is -2.21. The van der Waals surface area contributed by atoms with Gasteiger partial charge in [-0.1, -0.05) is 75.7 Å². The molecule has 2 aromatic carbocycles. The van der Waals surface area contributed by atoms with Crippen molar-refractivity contribution in [2.75, 3.05) is 0 Å². The van der Waals surface area contributed by atoms with Crippen LogP contribution in [0.15, 0.2) is 40.1 Å². The quantitative estimate of drug-likeness (QED) is 0.109. The van der Waals surface area contributed by atoms with Gasteiger partial charge in [-0.3, -0.25) is 4.79 Å². The molecule has 0 spiro atoms. The summed E-state index contributed by atoms with van der Waals surface area (Å²) in [5, 5.41) is 19.6. The van der Waals surface area contributed by atoms with Gasteiger partial charge < -0.3 is 14.6 Å². The number of phenols is 1. The maximum Gasteiger partial charge on any atom is 0.337 e. The maximum atomic E-state index is 12.3. The average Bonchev–Trinajstić information content (AvgIpc) is 2.78. The van der Waals surface area contributed by atoms with E-state index in [1.807, 2.05) is 0 Å². The molecule has 174 valence electrons. The Hall–Kier alpha value is -2.12. The molecule has 0 unspecified atom stereocenters. The highest BCUT2D eigenvalue weighted by molar-refractivity contribution is 6.54. The molecule has 0 saturated carbocycles. The van der Waals surface area contributed by atoms with Crippen LogP contribution in [-0.2, 0) is 6.42 Å². The van der Waals surface area contributed by atoms with E-state index in [4.69, 9.17) is 74.0 Å². The Morgan fingerprint density at radius 2 is 1.59 bits per heavy atom. The second-order valence-electron chi connectivity index (χ2n) is 7.12. The van der Waals surface area contributed by atoms with Gasteiger partial charge >= 0.3 is 5.97 Å². The van der Waals surface area contributed by atoms with Crippen LogP contribution >= 0.6 is 69.6 Å². The van der Waals surface area contributed by atoms with E-state index in [1.165, 1.54) is 18.2 Å². The molecule has 2 aliphatic rings. The van der Waals surface area contributed by atoms with Crippen molar-refractivity contribution >= 4 is 86.5 Å². The summed E-state index contributed by atoms with van der Waals surface area (Å²) >= 11 is 37.6. The molecule has 0 radical (unpaired) electrons. The van der Waals surface area contributed by atoms with E-state index in [0.717, 1.165) is 6.07 Å². The fourth-order valence-corrected chi connectivity index (χ4v) is 5.13. The Bertz CT molecular complexity index is 1570. The van der Waals surface area contributed by atoms with Crippen molar-refractivity contribution in [3.63, 3.8) is 0 Å². The lowest BCUT2D eigenvalue weighted by atomic mass is 9.89. The summed E-state index contributed by atoms with van der Waals surface area (Å²) in [7, 11) is 0. The smallest absolute Gasteiger partial charge is 0.337 e. The zero-order chi connectivity index (χ0) is 25.1. The molecule has 1 aliphatic carbocycles. The molecule has 1 heterocycles. The number of hydrogen-bond acceptors (Lipinski definition) is 4. The van der Waals surface area contributed by atoms with Crippen molar-refractivity contribution in [1.82, 2.24) is 0 Å². The van der Waals surface area contributed by atoms with Gasteiger partial charge in [-0.05, 0) is 18.6 Å². The van der Waals surface area contributed by atoms with Gasteiger partial charge in [0.2, 0.25) is 5.43 Å². The van der Waals surface area contributed by atoms with Crippen molar-refractivity contribution < 1.29 is 19.4 Å². The summed E-state index contributed by atoms with van der Waals surface area (Å²) in [4.78, 5) is 24.6. The Balaban J connectivity index is 2.40. The van der Waals surface area contributed by atoms with Crippen molar-refractivity contribution in [1.29, 1.82) is 0 Å². The molecule has 0 fully saturated rings. The van der Waals surface area contributed by atoms with E-state index in [0.29, 0.717) is 0 Å². The zero-order valence-electron chi connectivity index (χ0n) is 16.6. The Morgan fingerprint density at radius 3 is 2.21 bits per heavy atom. The van der Waals surface area contributed by atoms with Gasteiger partial charge in [0.05, 0.1) is 35.7 Å². The predicted octanol–water partition coefficient (Wildman–Crippen LogP) is 8.62. The minimum atomic E-state index is -1.44. The number of fused-ring (bicyclic) bond motifs is 2.